The number of hydrogen-bond donors (Lipinski definition) is 1. The van der Waals surface area contributed by atoms with Crippen LogP contribution in [0.2, 0.25) is 0 Å². The van der Waals surface area contributed by atoms with Crippen molar-refractivity contribution in [1.29, 1.82) is 0 Å². The second kappa shape index (κ2) is 10.0. The van der Waals surface area contributed by atoms with Gasteiger partial charge in [-0.25, -0.2) is 0 Å². The van der Waals surface area contributed by atoms with Crippen molar-refractivity contribution in [2.75, 3.05) is 6.54 Å². The van der Waals surface area contributed by atoms with E-state index in [-0.39, 0.29) is 11.9 Å². The number of nitrogens with zero attached hydrogens (tertiary/aromatic N) is 3. The predicted octanol–water partition coefficient (Wildman–Crippen LogP) is 4.64. The number of piperidine rings is 1. The van der Waals surface area contributed by atoms with Crippen molar-refractivity contribution < 1.29 is 4.79 Å². The predicted molar refractivity (Wildman–Crippen MR) is 128 cm³/mol. The number of benzene rings is 1. The second-order valence-electron chi connectivity index (χ2n) is 9.01. The molecule has 1 saturated heterocycles. The molecule has 3 aromatic rings. The average Bonchev–Trinajstić information content (AvgIpc) is 2.82. The van der Waals surface area contributed by atoms with Gasteiger partial charge in [-0.3, -0.25) is 19.7 Å². The molecule has 0 radical (unpaired) electrons. The minimum Gasteiger partial charge on any atom is -0.352 e. The van der Waals surface area contributed by atoms with Gasteiger partial charge in [-0.15, -0.1) is 0 Å². The van der Waals surface area contributed by atoms with E-state index in [1.165, 1.54) is 11.1 Å². The zero-order valence-electron chi connectivity index (χ0n) is 19.0. The van der Waals surface area contributed by atoms with E-state index >= 15 is 0 Å². The lowest BCUT2D eigenvalue weighted by Gasteiger charge is -2.46. The van der Waals surface area contributed by atoms with Crippen LogP contribution < -0.4 is 5.32 Å². The maximum Gasteiger partial charge on any atom is 0.241 e. The molecule has 166 valence electrons. The van der Waals surface area contributed by atoms with Crippen LogP contribution in [0.4, 0.5) is 0 Å². The summed E-state index contributed by atoms with van der Waals surface area (Å²) in [6, 6.07) is 16.8. The molecule has 5 nitrogen and oxygen atoms in total. The minimum absolute atomic E-state index is 0.108. The molecule has 1 fully saturated rings. The molecule has 1 unspecified atom stereocenters. The summed E-state index contributed by atoms with van der Waals surface area (Å²) in [5.74, 6) is 0.137. The number of amides is 1. The zero-order valence-corrected chi connectivity index (χ0v) is 19.0. The normalized spacial score (nSPS) is 19.1. The second-order valence-corrected chi connectivity index (χ2v) is 9.01. The van der Waals surface area contributed by atoms with Crippen molar-refractivity contribution in [1.82, 2.24) is 20.2 Å². The maximum atomic E-state index is 13.7. The smallest absolute Gasteiger partial charge is 0.241 e. The number of pyridine rings is 2. The molecular weight excluding hydrogens is 396 g/mol. The largest absolute Gasteiger partial charge is 0.352 e. The van der Waals surface area contributed by atoms with Crippen LogP contribution in [-0.4, -0.2) is 38.9 Å². The van der Waals surface area contributed by atoms with Crippen molar-refractivity contribution in [3.05, 3.63) is 84.4 Å². The molecule has 3 heterocycles. The van der Waals surface area contributed by atoms with Crippen LogP contribution in [0.25, 0.3) is 11.1 Å². The Bertz CT molecular complexity index is 1000. The number of rotatable bonds is 7. The lowest BCUT2D eigenvalue weighted by atomic mass is 9.79. The minimum atomic E-state index is -0.554. The van der Waals surface area contributed by atoms with Crippen LogP contribution in [0.3, 0.4) is 0 Å². The highest BCUT2D eigenvalue weighted by Crippen LogP contribution is 2.34. The van der Waals surface area contributed by atoms with E-state index in [4.69, 9.17) is 0 Å². The number of likely N-dealkylation sites (tertiary alicyclic amines) is 1. The summed E-state index contributed by atoms with van der Waals surface area (Å²) in [6.07, 6.45) is 11.1. The Kier molecular flexibility index (Phi) is 6.96. The van der Waals surface area contributed by atoms with Gasteiger partial charge in [0, 0.05) is 37.4 Å². The molecule has 0 bridgehead atoms. The molecule has 1 N–H and O–H groups in total. The Labute approximate surface area is 190 Å². The monoisotopic (exact) mass is 428 g/mol. The average molecular weight is 429 g/mol. The van der Waals surface area contributed by atoms with E-state index in [1.807, 2.05) is 50.6 Å². The van der Waals surface area contributed by atoms with Gasteiger partial charge >= 0.3 is 0 Å². The van der Waals surface area contributed by atoms with Crippen LogP contribution >= 0.6 is 0 Å². The summed E-state index contributed by atoms with van der Waals surface area (Å²) >= 11 is 0. The highest BCUT2D eigenvalue weighted by molar-refractivity contribution is 5.87. The molecule has 5 heteroatoms. The molecule has 4 rings (SSSR count). The maximum absolute atomic E-state index is 13.7. The molecule has 0 spiro atoms. The summed E-state index contributed by atoms with van der Waals surface area (Å²) < 4.78 is 0. The van der Waals surface area contributed by atoms with Crippen LogP contribution in [-0.2, 0) is 17.8 Å². The van der Waals surface area contributed by atoms with Crippen molar-refractivity contribution in [2.24, 2.45) is 0 Å². The van der Waals surface area contributed by atoms with E-state index < -0.39 is 5.54 Å². The first kappa shape index (κ1) is 22.2. The summed E-state index contributed by atoms with van der Waals surface area (Å²) in [5, 5.41) is 3.23. The van der Waals surface area contributed by atoms with E-state index in [2.05, 4.69) is 50.5 Å². The van der Waals surface area contributed by atoms with Crippen molar-refractivity contribution in [2.45, 2.75) is 57.7 Å². The Morgan fingerprint density at radius 1 is 0.969 bits per heavy atom. The molecule has 1 atom stereocenters. The fourth-order valence-electron chi connectivity index (χ4n) is 4.65. The summed E-state index contributed by atoms with van der Waals surface area (Å²) in [5.41, 5.74) is 4.05. The van der Waals surface area contributed by atoms with Gasteiger partial charge in [0.05, 0.1) is 0 Å². The number of carbonyl (C=O) groups is 1. The number of hydrogen-bond acceptors (Lipinski definition) is 4. The molecule has 0 saturated carbocycles. The van der Waals surface area contributed by atoms with Crippen molar-refractivity contribution in [3.8, 4) is 11.1 Å². The first-order valence-electron chi connectivity index (χ1n) is 11.5. The zero-order chi connectivity index (χ0) is 22.4. The Morgan fingerprint density at radius 3 is 2.44 bits per heavy atom. The van der Waals surface area contributed by atoms with E-state index in [1.54, 1.807) is 6.20 Å². The Hall–Kier alpha value is -3.05. The standard InChI is InChI=1S/C27H32N4O/c1-21(2)30-26(32)27(13-3-4-17-31(27)20-23-11-15-28-16-12-23)18-22-7-9-24(10-8-22)25-6-5-14-29-19-25/h5-12,14-16,19,21H,3-4,13,17-18,20H2,1-2H3,(H,30,32). The molecule has 0 aliphatic carbocycles. The van der Waals surface area contributed by atoms with Gasteiger partial charge < -0.3 is 5.32 Å². The fraction of sp³-hybridized carbons (Fsp3) is 0.370. The third-order valence-electron chi connectivity index (χ3n) is 6.28. The summed E-state index contributed by atoms with van der Waals surface area (Å²) in [4.78, 5) is 24.4. The first-order valence-corrected chi connectivity index (χ1v) is 11.5. The highest BCUT2D eigenvalue weighted by atomic mass is 16.2. The van der Waals surface area contributed by atoms with E-state index in [9.17, 15) is 4.79 Å². The van der Waals surface area contributed by atoms with Gasteiger partial charge in [0.15, 0.2) is 0 Å². The third kappa shape index (κ3) is 5.05. The van der Waals surface area contributed by atoms with Gasteiger partial charge in [0.1, 0.15) is 5.54 Å². The molecule has 32 heavy (non-hydrogen) atoms. The third-order valence-corrected chi connectivity index (χ3v) is 6.28. The number of carbonyl (C=O) groups excluding carboxylic acids is 1. The van der Waals surface area contributed by atoms with E-state index in [0.29, 0.717) is 6.42 Å². The van der Waals surface area contributed by atoms with Crippen molar-refractivity contribution >= 4 is 5.91 Å². The first-order chi connectivity index (χ1) is 15.6. The van der Waals surface area contributed by atoms with Gasteiger partial charge in [-0.05, 0) is 86.5 Å². The lowest BCUT2D eigenvalue weighted by molar-refractivity contribution is -0.137. The number of aromatic nitrogens is 2. The molecule has 1 aliphatic rings. The fourth-order valence-corrected chi connectivity index (χ4v) is 4.65. The van der Waals surface area contributed by atoms with Crippen LogP contribution in [0.15, 0.2) is 73.3 Å². The van der Waals surface area contributed by atoms with Crippen LogP contribution in [0.5, 0.6) is 0 Å². The Morgan fingerprint density at radius 2 is 1.75 bits per heavy atom. The Balaban J connectivity index is 1.63. The highest BCUT2D eigenvalue weighted by Gasteiger charge is 2.45. The molecule has 1 aromatic carbocycles. The van der Waals surface area contributed by atoms with Gasteiger partial charge in [-0.1, -0.05) is 30.3 Å². The van der Waals surface area contributed by atoms with Crippen LogP contribution in [0, 0.1) is 0 Å². The summed E-state index contributed by atoms with van der Waals surface area (Å²) in [7, 11) is 0. The number of nitrogens with one attached hydrogen (secondary N) is 1. The summed E-state index contributed by atoms with van der Waals surface area (Å²) in [6.45, 7) is 5.73. The molecule has 2 aromatic heterocycles. The quantitative estimate of drug-likeness (QED) is 0.596. The SMILES string of the molecule is CC(C)NC(=O)C1(Cc2ccc(-c3cccnc3)cc2)CCCCN1Cc1ccncc1. The van der Waals surface area contributed by atoms with Gasteiger partial charge in [0.2, 0.25) is 5.91 Å². The lowest BCUT2D eigenvalue weighted by Crippen LogP contribution is -2.62. The van der Waals surface area contributed by atoms with Crippen LogP contribution in [0.1, 0.15) is 44.2 Å². The van der Waals surface area contributed by atoms with Gasteiger partial charge in [0.25, 0.3) is 0 Å². The molecular formula is C27H32N4O. The van der Waals surface area contributed by atoms with E-state index in [0.717, 1.165) is 43.5 Å². The molecule has 1 amide bonds. The topological polar surface area (TPSA) is 58.1 Å². The molecule has 1 aliphatic heterocycles. The van der Waals surface area contributed by atoms with Gasteiger partial charge in [-0.2, -0.15) is 0 Å². The van der Waals surface area contributed by atoms with Crippen molar-refractivity contribution in [3.63, 3.8) is 0 Å².